The normalized spacial score (nSPS) is 16.9. The van der Waals surface area contributed by atoms with Gasteiger partial charge < -0.3 is 11.1 Å². The Morgan fingerprint density at radius 2 is 2.28 bits per heavy atom. The van der Waals surface area contributed by atoms with E-state index >= 15 is 0 Å². The molecule has 0 aromatic carbocycles. The summed E-state index contributed by atoms with van der Waals surface area (Å²) in [5.74, 6) is 0.0896. The molecule has 1 aliphatic carbocycles. The minimum absolute atomic E-state index is 0.207. The molecule has 1 fully saturated rings. The summed E-state index contributed by atoms with van der Waals surface area (Å²) in [6.45, 7) is 3.12. The van der Waals surface area contributed by atoms with E-state index in [2.05, 4.69) is 22.2 Å². The van der Waals surface area contributed by atoms with Crippen LogP contribution in [0.5, 0.6) is 0 Å². The molecule has 0 radical (unpaired) electrons. The number of nitrogens with two attached hydrogens (primary N) is 1. The Labute approximate surface area is 107 Å². The number of nitrogens with one attached hydrogen (secondary N) is 1. The standard InChI is InChI=1S/C13H20N4O/c1-2-4-13(5-3-6-13)9-16-11-8-15-7-10(17-11)12(14)18/h7-8H,2-6,9H2,1H3,(H2,14,18)(H,16,17). The fourth-order valence-corrected chi connectivity index (χ4v) is 2.57. The van der Waals surface area contributed by atoms with Gasteiger partial charge in [-0.3, -0.25) is 9.78 Å². The number of aromatic nitrogens is 2. The van der Waals surface area contributed by atoms with Crippen molar-refractivity contribution in [3.05, 3.63) is 18.1 Å². The van der Waals surface area contributed by atoms with Crippen LogP contribution in [-0.4, -0.2) is 22.4 Å². The molecule has 1 saturated carbocycles. The number of nitrogens with zero attached hydrogens (tertiary/aromatic N) is 2. The molecule has 18 heavy (non-hydrogen) atoms. The van der Waals surface area contributed by atoms with Crippen LogP contribution in [0.1, 0.15) is 49.5 Å². The van der Waals surface area contributed by atoms with Gasteiger partial charge in [0.05, 0.1) is 12.4 Å². The van der Waals surface area contributed by atoms with Gasteiger partial charge in [-0.05, 0) is 24.7 Å². The van der Waals surface area contributed by atoms with Crippen molar-refractivity contribution < 1.29 is 4.79 Å². The van der Waals surface area contributed by atoms with Crippen LogP contribution in [0.25, 0.3) is 0 Å². The van der Waals surface area contributed by atoms with Gasteiger partial charge >= 0.3 is 0 Å². The first-order valence-electron chi connectivity index (χ1n) is 6.51. The zero-order valence-corrected chi connectivity index (χ0v) is 10.8. The average molecular weight is 248 g/mol. The molecule has 98 valence electrons. The zero-order valence-electron chi connectivity index (χ0n) is 10.8. The molecule has 1 amide bonds. The lowest BCUT2D eigenvalue weighted by Gasteiger charge is -2.42. The molecule has 5 nitrogen and oxygen atoms in total. The summed E-state index contributed by atoms with van der Waals surface area (Å²) in [4.78, 5) is 19.1. The third kappa shape index (κ3) is 2.78. The van der Waals surface area contributed by atoms with Gasteiger partial charge in [-0.2, -0.15) is 0 Å². The Bertz CT molecular complexity index is 429. The van der Waals surface area contributed by atoms with E-state index in [4.69, 9.17) is 5.73 Å². The van der Waals surface area contributed by atoms with Crippen LogP contribution < -0.4 is 11.1 Å². The highest BCUT2D eigenvalue weighted by atomic mass is 16.1. The van der Waals surface area contributed by atoms with Gasteiger partial charge in [0.25, 0.3) is 5.91 Å². The maximum Gasteiger partial charge on any atom is 0.268 e. The van der Waals surface area contributed by atoms with E-state index in [1.54, 1.807) is 6.20 Å². The summed E-state index contributed by atoms with van der Waals surface area (Å²) in [5.41, 5.74) is 5.80. The van der Waals surface area contributed by atoms with Gasteiger partial charge in [0, 0.05) is 6.54 Å². The predicted molar refractivity (Wildman–Crippen MR) is 70.2 cm³/mol. The number of carbonyl (C=O) groups is 1. The van der Waals surface area contributed by atoms with Crippen molar-refractivity contribution in [3.63, 3.8) is 0 Å². The lowest BCUT2D eigenvalue weighted by Crippen LogP contribution is -2.36. The molecule has 0 aliphatic heterocycles. The lowest BCUT2D eigenvalue weighted by atomic mass is 9.66. The van der Waals surface area contributed by atoms with Crippen molar-refractivity contribution in [3.8, 4) is 0 Å². The number of amides is 1. The molecular weight excluding hydrogens is 228 g/mol. The average Bonchev–Trinajstić information content (AvgIpc) is 2.33. The smallest absolute Gasteiger partial charge is 0.268 e. The first-order valence-corrected chi connectivity index (χ1v) is 6.51. The summed E-state index contributed by atoms with van der Waals surface area (Å²) in [7, 11) is 0. The van der Waals surface area contributed by atoms with Crippen molar-refractivity contribution in [1.82, 2.24) is 9.97 Å². The van der Waals surface area contributed by atoms with Gasteiger partial charge in [0.2, 0.25) is 0 Å². The molecule has 0 spiro atoms. The Morgan fingerprint density at radius 1 is 1.50 bits per heavy atom. The molecule has 1 aromatic heterocycles. The molecule has 0 atom stereocenters. The largest absolute Gasteiger partial charge is 0.368 e. The van der Waals surface area contributed by atoms with Crippen LogP contribution in [0.2, 0.25) is 0 Å². The molecule has 5 heteroatoms. The number of hydrogen-bond acceptors (Lipinski definition) is 4. The van der Waals surface area contributed by atoms with Crippen LogP contribution in [-0.2, 0) is 0 Å². The molecular formula is C13H20N4O. The fourth-order valence-electron chi connectivity index (χ4n) is 2.57. The second kappa shape index (κ2) is 5.33. The van der Waals surface area contributed by atoms with E-state index in [9.17, 15) is 4.79 Å². The van der Waals surface area contributed by atoms with Crippen molar-refractivity contribution in [2.24, 2.45) is 11.1 Å². The monoisotopic (exact) mass is 248 g/mol. The molecule has 3 N–H and O–H groups in total. The summed E-state index contributed by atoms with van der Waals surface area (Å²) in [6.07, 6.45) is 9.32. The summed E-state index contributed by atoms with van der Waals surface area (Å²) < 4.78 is 0. The molecule has 1 aromatic rings. The highest BCUT2D eigenvalue weighted by Crippen LogP contribution is 2.44. The summed E-state index contributed by atoms with van der Waals surface area (Å²) in [5, 5.41) is 3.29. The number of primary amides is 1. The van der Waals surface area contributed by atoms with Crippen LogP contribution in [0.15, 0.2) is 12.4 Å². The Balaban J connectivity index is 1.97. The maximum absolute atomic E-state index is 11.0. The van der Waals surface area contributed by atoms with Gasteiger partial charge in [0.15, 0.2) is 0 Å². The highest BCUT2D eigenvalue weighted by Gasteiger charge is 2.35. The molecule has 2 rings (SSSR count). The Morgan fingerprint density at radius 3 is 2.83 bits per heavy atom. The number of anilines is 1. The third-order valence-electron chi connectivity index (χ3n) is 3.73. The van der Waals surface area contributed by atoms with Gasteiger partial charge in [-0.1, -0.05) is 19.8 Å². The van der Waals surface area contributed by atoms with Crippen LogP contribution in [0, 0.1) is 5.41 Å². The van der Waals surface area contributed by atoms with Gasteiger partial charge in [-0.15, -0.1) is 0 Å². The van der Waals surface area contributed by atoms with Gasteiger partial charge in [-0.25, -0.2) is 4.98 Å². The van der Waals surface area contributed by atoms with E-state index in [1.165, 1.54) is 38.3 Å². The molecule has 0 unspecified atom stereocenters. The Kier molecular flexibility index (Phi) is 3.79. The van der Waals surface area contributed by atoms with Crippen molar-refractivity contribution in [2.75, 3.05) is 11.9 Å². The van der Waals surface area contributed by atoms with E-state index in [-0.39, 0.29) is 5.69 Å². The Hall–Kier alpha value is -1.65. The van der Waals surface area contributed by atoms with Crippen LogP contribution in [0.4, 0.5) is 5.82 Å². The van der Waals surface area contributed by atoms with E-state index in [0.29, 0.717) is 11.2 Å². The summed E-state index contributed by atoms with van der Waals surface area (Å²) in [6, 6.07) is 0. The van der Waals surface area contributed by atoms with Crippen LogP contribution >= 0.6 is 0 Å². The number of hydrogen-bond donors (Lipinski definition) is 2. The molecule has 1 aliphatic rings. The van der Waals surface area contributed by atoms with Gasteiger partial charge in [0.1, 0.15) is 11.5 Å². The maximum atomic E-state index is 11.0. The zero-order chi connectivity index (χ0) is 13.0. The topological polar surface area (TPSA) is 80.9 Å². The van der Waals surface area contributed by atoms with Crippen molar-refractivity contribution in [1.29, 1.82) is 0 Å². The predicted octanol–water partition coefficient (Wildman–Crippen LogP) is 1.96. The summed E-state index contributed by atoms with van der Waals surface area (Å²) >= 11 is 0. The first-order chi connectivity index (χ1) is 8.65. The second-order valence-corrected chi connectivity index (χ2v) is 5.11. The first kappa shape index (κ1) is 12.8. The third-order valence-corrected chi connectivity index (χ3v) is 3.73. The molecule has 1 heterocycles. The highest BCUT2D eigenvalue weighted by molar-refractivity contribution is 5.90. The molecule has 0 saturated heterocycles. The molecule has 0 bridgehead atoms. The van der Waals surface area contributed by atoms with Crippen molar-refractivity contribution in [2.45, 2.75) is 39.0 Å². The minimum atomic E-state index is -0.543. The minimum Gasteiger partial charge on any atom is -0.368 e. The van der Waals surface area contributed by atoms with E-state index in [0.717, 1.165) is 6.54 Å². The lowest BCUT2D eigenvalue weighted by molar-refractivity contribution is 0.0995. The second-order valence-electron chi connectivity index (χ2n) is 5.11. The quantitative estimate of drug-likeness (QED) is 0.806. The SMILES string of the molecule is CCCC1(CNc2cncc(C(N)=O)n2)CCC1. The van der Waals surface area contributed by atoms with E-state index in [1.807, 2.05) is 0 Å². The number of rotatable bonds is 6. The number of carbonyl (C=O) groups excluding carboxylic acids is 1. The fraction of sp³-hybridized carbons (Fsp3) is 0.615. The van der Waals surface area contributed by atoms with E-state index < -0.39 is 5.91 Å². The van der Waals surface area contributed by atoms with Crippen LogP contribution in [0.3, 0.4) is 0 Å². The van der Waals surface area contributed by atoms with Crippen molar-refractivity contribution >= 4 is 11.7 Å².